The van der Waals surface area contributed by atoms with Crippen LogP contribution in [0.15, 0.2) is 42.5 Å². The van der Waals surface area contributed by atoms with Gasteiger partial charge in [-0.15, -0.1) is 0 Å². The lowest BCUT2D eigenvalue weighted by molar-refractivity contribution is 0.393. The van der Waals surface area contributed by atoms with E-state index in [1.807, 2.05) is 6.07 Å². The molecule has 0 saturated carbocycles. The molecule has 0 bridgehead atoms. The average molecular weight is 373 g/mol. The molecule has 4 heteroatoms. The Morgan fingerprint density at radius 1 is 0.808 bits per heavy atom. The summed E-state index contributed by atoms with van der Waals surface area (Å²) in [7, 11) is 1.50. The monoisotopic (exact) mass is 372 g/mol. The summed E-state index contributed by atoms with van der Waals surface area (Å²) in [5.74, 6) is 2.78. The van der Waals surface area contributed by atoms with Crippen molar-refractivity contribution in [3.05, 3.63) is 53.6 Å². The molecule has 0 heterocycles. The molecule has 0 aliphatic rings. The molecule has 0 aliphatic heterocycles. The minimum Gasteiger partial charge on any atom is -0.543 e. The minimum atomic E-state index is -1.85. The lowest BCUT2D eigenvalue weighted by Gasteiger charge is -2.36. The topological polar surface area (TPSA) is 27.7 Å². The summed E-state index contributed by atoms with van der Waals surface area (Å²) in [6, 6.07) is 14.5. The van der Waals surface area contributed by atoms with Gasteiger partial charge in [-0.3, -0.25) is 0 Å². The third-order valence-electron chi connectivity index (χ3n) is 5.41. The van der Waals surface area contributed by atoms with Crippen LogP contribution in [-0.2, 0) is 0 Å². The van der Waals surface area contributed by atoms with Crippen molar-refractivity contribution in [2.45, 2.75) is 51.7 Å². The van der Waals surface area contributed by atoms with Crippen LogP contribution in [0.3, 0.4) is 0 Å². The Kier molecular flexibility index (Phi) is 6.07. The van der Waals surface area contributed by atoms with Crippen LogP contribution in [0.2, 0.25) is 18.1 Å². The van der Waals surface area contributed by atoms with E-state index >= 15 is 0 Å². The summed E-state index contributed by atoms with van der Waals surface area (Å²) in [5.41, 5.74) is 2.38. The Balaban J connectivity index is 2.32. The molecule has 26 heavy (non-hydrogen) atoms. The first kappa shape index (κ1) is 20.4. The van der Waals surface area contributed by atoms with Gasteiger partial charge in [-0.25, -0.2) is 0 Å². The van der Waals surface area contributed by atoms with E-state index in [4.69, 9.17) is 13.9 Å². The van der Waals surface area contributed by atoms with Crippen molar-refractivity contribution in [1.29, 1.82) is 0 Å². The van der Waals surface area contributed by atoms with E-state index in [1.54, 1.807) is 14.2 Å². The summed E-state index contributed by atoms with van der Waals surface area (Å²) >= 11 is 0. The van der Waals surface area contributed by atoms with Gasteiger partial charge >= 0.3 is 0 Å². The first-order valence-electron chi connectivity index (χ1n) is 9.09. The second kappa shape index (κ2) is 7.75. The molecule has 0 amide bonds. The highest BCUT2D eigenvalue weighted by molar-refractivity contribution is 6.74. The standard InChI is InChI=1S/C22H32O3Si/c1-16(18-13-20(23-5)15-21(14-18)24-6)17-10-9-11-19(12-17)25-26(7,8)22(2,3)4/h9-16H,1-8H3. The second-order valence-corrected chi connectivity index (χ2v) is 13.0. The first-order chi connectivity index (χ1) is 12.1. The van der Waals surface area contributed by atoms with Crippen LogP contribution in [0, 0.1) is 0 Å². The largest absolute Gasteiger partial charge is 0.543 e. The molecule has 0 aromatic heterocycles. The van der Waals surface area contributed by atoms with Gasteiger partial charge < -0.3 is 13.9 Å². The predicted octanol–water partition coefficient (Wildman–Crippen LogP) is 6.24. The minimum absolute atomic E-state index is 0.175. The Morgan fingerprint density at radius 3 is 1.85 bits per heavy atom. The maximum atomic E-state index is 6.47. The van der Waals surface area contributed by atoms with E-state index < -0.39 is 8.32 Å². The Morgan fingerprint density at radius 2 is 1.35 bits per heavy atom. The number of hydrogen-bond acceptors (Lipinski definition) is 3. The fourth-order valence-electron chi connectivity index (χ4n) is 2.57. The van der Waals surface area contributed by atoms with E-state index in [9.17, 15) is 0 Å². The number of rotatable bonds is 6. The summed E-state index contributed by atoms with van der Waals surface area (Å²) in [6.45, 7) is 13.5. The van der Waals surface area contributed by atoms with E-state index in [0.29, 0.717) is 0 Å². The molecule has 0 fully saturated rings. The van der Waals surface area contributed by atoms with E-state index in [1.165, 1.54) is 5.56 Å². The highest BCUT2D eigenvalue weighted by atomic mass is 28.4. The quantitative estimate of drug-likeness (QED) is 0.562. The normalized spacial score (nSPS) is 13.2. The zero-order valence-corrected chi connectivity index (χ0v) is 18.3. The van der Waals surface area contributed by atoms with Crippen molar-refractivity contribution in [1.82, 2.24) is 0 Å². The number of hydrogen-bond donors (Lipinski definition) is 0. The molecular formula is C22H32O3Si. The molecule has 2 aromatic rings. The molecule has 1 atom stereocenters. The van der Waals surface area contributed by atoms with Crippen molar-refractivity contribution in [3.8, 4) is 17.2 Å². The summed E-state index contributed by atoms with van der Waals surface area (Å²) < 4.78 is 17.3. The summed E-state index contributed by atoms with van der Waals surface area (Å²) in [4.78, 5) is 0. The lowest BCUT2D eigenvalue weighted by Crippen LogP contribution is -2.43. The van der Waals surface area contributed by atoms with Crippen LogP contribution >= 0.6 is 0 Å². The highest BCUT2D eigenvalue weighted by Gasteiger charge is 2.39. The summed E-state index contributed by atoms with van der Waals surface area (Å²) in [5, 5.41) is 0.175. The van der Waals surface area contributed by atoms with Crippen LogP contribution in [0.25, 0.3) is 0 Å². The predicted molar refractivity (Wildman–Crippen MR) is 111 cm³/mol. The molecule has 0 radical (unpaired) electrons. The van der Waals surface area contributed by atoms with Gasteiger partial charge in [0.15, 0.2) is 0 Å². The molecule has 2 aromatic carbocycles. The fraction of sp³-hybridized carbons (Fsp3) is 0.455. The van der Waals surface area contributed by atoms with Crippen LogP contribution in [0.5, 0.6) is 17.2 Å². The zero-order chi connectivity index (χ0) is 19.5. The molecule has 2 rings (SSSR count). The van der Waals surface area contributed by atoms with Gasteiger partial charge in [0.05, 0.1) is 14.2 Å². The van der Waals surface area contributed by atoms with Gasteiger partial charge in [0, 0.05) is 12.0 Å². The molecule has 0 aliphatic carbocycles. The fourth-order valence-corrected chi connectivity index (χ4v) is 3.59. The van der Waals surface area contributed by atoms with Crippen molar-refractivity contribution in [2.24, 2.45) is 0 Å². The molecule has 0 saturated heterocycles. The Bertz CT molecular complexity index is 725. The average Bonchev–Trinajstić information content (AvgIpc) is 2.59. The third kappa shape index (κ3) is 4.61. The molecule has 142 valence electrons. The second-order valence-electron chi connectivity index (χ2n) is 8.30. The van der Waals surface area contributed by atoms with Gasteiger partial charge in [-0.05, 0) is 53.5 Å². The van der Waals surface area contributed by atoms with E-state index in [-0.39, 0.29) is 11.0 Å². The van der Waals surface area contributed by atoms with E-state index in [0.717, 1.165) is 22.8 Å². The van der Waals surface area contributed by atoms with Crippen LogP contribution in [-0.4, -0.2) is 22.5 Å². The smallest absolute Gasteiger partial charge is 0.250 e. The van der Waals surface area contributed by atoms with Gasteiger partial charge in [0.25, 0.3) is 0 Å². The Hall–Kier alpha value is -1.94. The van der Waals surface area contributed by atoms with Crippen LogP contribution in [0.4, 0.5) is 0 Å². The molecular weight excluding hydrogens is 340 g/mol. The molecule has 0 N–H and O–H groups in total. The van der Waals surface area contributed by atoms with Gasteiger partial charge in [-0.2, -0.15) is 0 Å². The number of ether oxygens (including phenoxy) is 2. The van der Waals surface area contributed by atoms with Gasteiger partial charge in [-0.1, -0.05) is 39.8 Å². The highest BCUT2D eigenvalue weighted by Crippen LogP contribution is 2.38. The Labute approximate surface area is 159 Å². The van der Waals surface area contributed by atoms with Gasteiger partial charge in [0.1, 0.15) is 17.2 Å². The molecule has 1 unspecified atom stereocenters. The van der Waals surface area contributed by atoms with Crippen molar-refractivity contribution in [2.75, 3.05) is 14.2 Å². The van der Waals surface area contributed by atoms with Crippen LogP contribution < -0.4 is 13.9 Å². The maximum absolute atomic E-state index is 6.47. The van der Waals surface area contributed by atoms with Crippen molar-refractivity contribution in [3.63, 3.8) is 0 Å². The maximum Gasteiger partial charge on any atom is 0.250 e. The lowest BCUT2D eigenvalue weighted by atomic mass is 9.92. The van der Waals surface area contributed by atoms with Gasteiger partial charge in [0.2, 0.25) is 8.32 Å². The summed E-state index contributed by atoms with van der Waals surface area (Å²) in [6.07, 6.45) is 0. The number of benzene rings is 2. The zero-order valence-electron chi connectivity index (χ0n) is 17.3. The third-order valence-corrected chi connectivity index (χ3v) is 9.77. The first-order valence-corrected chi connectivity index (χ1v) is 12.0. The molecule has 3 nitrogen and oxygen atoms in total. The molecule has 0 spiro atoms. The SMILES string of the molecule is COc1cc(OC)cc(C(C)c2cccc(O[Si](C)(C)C(C)(C)C)c2)c1. The number of methoxy groups -OCH3 is 2. The van der Waals surface area contributed by atoms with Crippen LogP contribution in [0.1, 0.15) is 44.7 Å². The van der Waals surface area contributed by atoms with Crippen molar-refractivity contribution < 1.29 is 13.9 Å². The van der Waals surface area contributed by atoms with Crippen molar-refractivity contribution >= 4 is 8.32 Å². The van der Waals surface area contributed by atoms with E-state index in [2.05, 4.69) is 77.2 Å².